The van der Waals surface area contributed by atoms with Gasteiger partial charge < -0.3 is 19.9 Å². The van der Waals surface area contributed by atoms with Gasteiger partial charge in [0.25, 0.3) is 0 Å². The number of hydrogen-bond donors (Lipinski definition) is 1. The Bertz CT molecular complexity index is 795. The predicted molar refractivity (Wildman–Crippen MR) is 108 cm³/mol. The van der Waals surface area contributed by atoms with E-state index in [1.165, 1.54) is 5.56 Å². The predicted octanol–water partition coefficient (Wildman–Crippen LogP) is 2.31. The van der Waals surface area contributed by atoms with E-state index in [2.05, 4.69) is 39.2 Å². The number of aromatic nitrogens is 2. The summed E-state index contributed by atoms with van der Waals surface area (Å²) in [6.45, 7) is 9.21. The first kappa shape index (κ1) is 19.1. The van der Waals surface area contributed by atoms with E-state index in [0.29, 0.717) is 19.2 Å². The lowest BCUT2D eigenvalue weighted by Crippen LogP contribution is -2.38. The van der Waals surface area contributed by atoms with Crippen LogP contribution in [0.3, 0.4) is 0 Å². The van der Waals surface area contributed by atoms with Gasteiger partial charge in [-0.05, 0) is 38.0 Å². The average Bonchev–Trinajstić information content (AvgIpc) is 2.65. The number of carbonyl (C=O) groups is 1. The van der Waals surface area contributed by atoms with Gasteiger partial charge >= 0.3 is 0 Å². The molecule has 1 aliphatic heterocycles. The Morgan fingerprint density at radius 3 is 2.56 bits per heavy atom. The summed E-state index contributed by atoms with van der Waals surface area (Å²) in [6, 6.07) is 5.97. The van der Waals surface area contributed by atoms with Gasteiger partial charge in [0, 0.05) is 32.0 Å². The minimum atomic E-state index is -0.0703. The quantitative estimate of drug-likeness (QED) is 0.872. The second kappa shape index (κ2) is 8.35. The highest BCUT2D eigenvalue weighted by Crippen LogP contribution is 2.22. The molecule has 1 saturated heterocycles. The molecule has 0 atom stereocenters. The van der Waals surface area contributed by atoms with Crippen LogP contribution in [0.1, 0.15) is 16.7 Å². The number of likely N-dealkylation sites (N-methyl/N-ethyl adjacent to an activating group) is 1. The van der Waals surface area contributed by atoms with Crippen molar-refractivity contribution in [1.82, 2.24) is 9.97 Å². The number of carbonyl (C=O) groups excluding carboxylic acids is 1. The molecule has 3 rings (SSSR count). The molecule has 2 heterocycles. The van der Waals surface area contributed by atoms with Gasteiger partial charge in [0.15, 0.2) is 0 Å². The Morgan fingerprint density at radius 2 is 1.89 bits per heavy atom. The normalized spacial score (nSPS) is 14.1. The van der Waals surface area contributed by atoms with Crippen molar-refractivity contribution in [3.63, 3.8) is 0 Å². The average molecular weight is 369 g/mol. The second-order valence-corrected chi connectivity index (χ2v) is 6.99. The Kier molecular flexibility index (Phi) is 5.91. The van der Waals surface area contributed by atoms with E-state index in [4.69, 9.17) is 4.74 Å². The molecule has 0 aliphatic carbocycles. The minimum absolute atomic E-state index is 0.0703. The van der Waals surface area contributed by atoms with Crippen LogP contribution in [0.4, 0.5) is 17.5 Å². The Balaban J connectivity index is 1.66. The molecule has 144 valence electrons. The van der Waals surface area contributed by atoms with Crippen LogP contribution < -0.4 is 15.1 Å². The van der Waals surface area contributed by atoms with Crippen LogP contribution in [0, 0.1) is 20.8 Å². The summed E-state index contributed by atoms with van der Waals surface area (Å²) in [7, 11) is 1.86. The molecule has 27 heavy (non-hydrogen) atoms. The third kappa shape index (κ3) is 4.74. The van der Waals surface area contributed by atoms with Crippen LogP contribution in [-0.4, -0.2) is 55.8 Å². The van der Waals surface area contributed by atoms with Crippen LogP contribution in [0.2, 0.25) is 0 Å². The zero-order valence-electron chi connectivity index (χ0n) is 16.5. The first-order valence-electron chi connectivity index (χ1n) is 9.18. The first-order valence-corrected chi connectivity index (χ1v) is 9.18. The van der Waals surface area contributed by atoms with E-state index in [9.17, 15) is 4.79 Å². The number of benzene rings is 1. The van der Waals surface area contributed by atoms with Crippen LogP contribution in [0.5, 0.6) is 0 Å². The molecule has 1 aromatic carbocycles. The third-order valence-electron chi connectivity index (χ3n) is 4.64. The Labute approximate surface area is 160 Å². The number of hydrogen-bond acceptors (Lipinski definition) is 6. The number of rotatable bonds is 5. The smallest absolute Gasteiger partial charge is 0.243 e. The monoisotopic (exact) mass is 369 g/mol. The number of nitrogens with one attached hydrogen (secondary N) is 1. The summed E-state index contributed by atoms with van der Waals surface area (Å²) < 4.78 is 5.37. The molecule has 2 aromatic rings. The SMILES string of the molecule is Cc1cc(C)c(NC(=O)CN(C)c2ccnc(N3CCOCC3)n2)c(C)c1. The lowest BCUT2D eigenvalue weighted by atomic mass is 10.1. The summed E-state index contributed by atoms with van der Waals surface area (Å²) in [6.07, 6.45) is 1.73. The number of anilines is 3. The van der Waals surface area contributed by atoms with Crippen LogP contribution in [-0.2, 0) is 9.53 Å². The molecule has 0 bridgehead atoms. The van der Waals surface area contributed by atoms with E-state index in [1.807, 2.05) is 31.9 Å². The zero-order chi connectivity index (χ0) is 19.4. The molecule has 0 spiro atoms. The fourth-order valence-electron chi connectivity index (χ4n) is 3.32. The van der Waals surface area contributed by atoms with E-state index >= 15 is 0 Å². The van der Waals surface area contributed by atoms with Crippen LogP contribution >= 0.6 is 0 Å². The van der Waals surface area contributed by atoms with Crippen molar-refractivity contribution in [2.75, 3.05) is 55.0 Å². The van der Waals surface area contributed by atoms with Gasteiger partial charge in [0.05, 0.1) is 19.8 Å². The van der Waals surface area contributed by atoms with Crippen molar-refractivity contribution in [1.29, 1.82) is 0 Å². The molecular formula is C20H27N5O2. The van der Waals surface area contributed by atoms with Crippen molar-refractivity contribution in [2.24, 2.45) is 0 Å². The second-order valence-electron chi connectivity index (χ2n) is 6.99. The minimum Gasteiger partial charge on any atom is -0.378 e. The van der Waals surface area contributed by atoms with E-state index in [0.717, 1.165) is 35.7 Å². The van der Waals surface area contributed by atoms with Crippen molar-refractivity contribution in [3.8, 4) is 0 Å². The van der Waals surface area contributed by atoms with Gasteiger partial charge in [0.1, 0.15) is 5.82 Å². The highest BCUT2D eigenvalue weighted by atomic mass is 16.5. The number of nitrogens with zero attached hydrogens (tertiary/aromatic N) is 4. The molecular weight excluding hydrogens is 342 g/mol. The van der Waals surface area contributed by atoms with Crippen molar-refractivity contribution >= 4 is 23.4 Å². The molecule has 0 radical (unpaired) electrons. The molecule has 1 fully saturated rings. The molecule has 7 heteroatoms. The largest absolute Gasteiger partial charge is 0.378 e. The fourth-order valence-corrected chi connectivity index (χ4v) is 3.32. The fraction of sp³-hybridized carbons (Fsp3) is 0.450. The highest BCUT2D eigenvalue weighted by molar-refractivity contribution is 5.95. The number of amides is 1. The molecule has 1 aromatic heterocycles. The standard InChI is InChI=1S/C20H27N5O2/c1-14-11-15(2)19(16(3)12-14)23-18(26)13-24(4)17-5-6-21-20(22-17)25-7-9-27-10-8-25/h5-6,11-12H,7-10,13H2,1-4H3,(H,23,26). The first-order chi connectivity index (χ1) is 12.9. The molecule has 1 aliphatic rings. The van der Waals surface area contributed by atoms with Gasteiger partial charge in [-0.2, -0.15) is 4.98 Å². The summed E-state index contributed by atoms with van der Waals surface area (Å²) in [5, 5.41) is 3.03. The summed E-state index contributed by atoms with van der Waals surface area (Å²) in [5.74, 6) is 1.33. The number of aryl methyl sites for hydroxylation is 3. The summed E-state index contributed by atoms with van der Waals surface area (Å²) >= 11 is 0. The highest BCUT2D eigenvalue weighted by Gasteiger charge is 2.16. The van der Waals surface area contributed by atoms with Gasteiger partial charge in [-0.3, -0.25) is 4.79 Å². The Morgan fingerprint density at radius 1 is 1.22 bits per heavy atom. The van der Waals surface area contributed by atoms with Crippen LogP contribution in [0.25, 0.3) is 0 Å². The summed E-state index contributed by atoms with van der Waals surface area (Å²) in [5.41, 5.74) is 4.22. The molecule has 0 unspecified atom stereocenters. The maximum absolute atomic E-state index is 12.5. The van der Waals surface area contributed by atoms with E-state index < -0.39 is 0 Å². The zero-order valence-corrected chi connectivity index (χ0v) is 16.5. The van der Waals surface area contributed by atoms with Gasteiger partial charge in [-0.15, -0.1) is 0 Å². The van der Waals surface area contributed by atoms with Crippen molar-refractivity contribution in [2.45, 2.75) is 20.8 Å². The van der Waals surface area contributed by atoms with Crippen LogP contribution in [0.15, 0.2) is 24.4 Å². The molecule has 1 amide bonds. The van der Waals surface area contributed by atoms with E-state index in [-0.39, 0.29) is 12.5 Å². The number of morpholine rings is 1. The summed E-state index contributed by atoms with van der Waals surface area (Å²) in [4.78, 5) is 25.4. The topological polar surface area (TPSA) is 70.6 Å². The van der Waals surface area contributed by atoms with Crippen molar-refractivity contribution < 1.29 is 9.53 Å². The molecule has 0 saturated carbocycles. The lowest BCUT2D eigenvalue weighted by Gasteiger charge is -2.27. The maximum atomic E-state index is 12.5. The molecule has 1 N–H and O–H groups in total. The van der Waals surface area contributed by atoms with Gasteiger partial charge in [0.2, 0.25) is 11.9 Å². The van der Waals surface area contributed by atoms with Gasteiger partial charge in [-0.25, -0.2) is 4.98 Å². The van der Waals surface area contributed by atoms with Crippen molar-refractivity contribution in [3.05, 3.63) is 41.1 Å². The maximum Gasteiger partial charge on any atom is 0.243 e. The lowest BCUT2D eigenvalue weighted by molar-refractivity contribution is -0.114. The molecule has 7 nitrogen and oxygen atoms in total. The third-order valence-corrected chi connectivity index (χ3v) is 4.64. The van der Waals surface area contributed by atoms with E-state index in [1.54, 1.807) is 6.20 Å². The Hall–Kier alpha value is -2.67. The van der Waals surface area contributed by atoms with Gasteiger partial charge in [-0.1, -0.05) is 17.7 Å². The number of ether oxygens (including phenoxy) is 1.